The van der Waals surface area contributed by atoms with Gasteiger partial charge < -0.3 is 15.7 Å². The minimum absolute atomic E-state index is 0.0590. The number of aromatic nitrogens is 5. The van der Waals surface area contributed by atoms with Gasteiger partial charge in [-0.2, -0.15) is 5.10 Å². The van der Waals surface area contributed by atoms with Crippen LogP contribution in [0.3, 0.4) is 0 Å². The van der Waals surface area contributed by atoms with E-state index >= 15 is 0 Å². The van der Waals surface area contributed by atoms with Crippen LogP contribution >= 0.6 is 11.8 Å². The minimum Gasteiger partial charge on any atom is -0.480 e. The van der Waals surface area contributed by atoms with E-state index < -0.39 is 12.0 Å². The third-order valence-corrected chi connectivity index (χ3v) is 6.53. The SMILES string of the molecule is Cc1cc(Nc2nc(Sc3ccc(NC(=O)CN4CCCC4C(=O)O)cc3)nn3cccc23)n[nH]1. The number of nitrogens with zero attached hydrogens (tertiary/aromatic N) is 5. The normalized spacial score (nSPS) is 16.0. The maximum absolute atomic E-state index is 12.4. The van der Waals surface area contributed by atoms with Crippen molar-refractivity contribution >= 4 is 46.5 Å². The molecule has 1 aliphatic rings. The Labute approximate surface area is 204 Å². The van der Waals surface area contributed by atoms with E-state index in [0.29, 0.717) is 35.4 Å². The van der Waals surface area contributed by atoms with Crippen LogP contribution in [0.25, 0.3) is 5.52 Å². The monoisotopic (exact) mass is 492 g/mol. The molecule has 4 aromatic rings. The number of benzene rings is 1. The van der Waals surface area contributed by atoms with Gasteiger partial charge in [0.2, 0.25) is 11.1 Å². The van der Waals surface area contributed by atoms with Crippen molar-refractivity contribution in [1.29, 1.82) is 0 Å². The molecular weight excluding hydrogens is 468 g/mol. The number of aliphatic carboxylic acids is 1. The predicted octanol–water partition coefficient (Wildman–Crippen LogP) is 3.14. The van der Waals surface area contributed by atoms with E-state index in [1.165, 1.54) is 11.8 Å². The van der Waals surface area contributed by atoms with Crippen molar-refractivity contribution in [3.8, 4) is 0 Å². The van der Waals surface area contributed by atoms with Crippen LogP contribution in [0.1, 0.15) is 18.5 Å². The summed E-state index contributed by atoms with van der Waals surface area (Å²) in [7, 11) is 0. The van der Waals surface area contributed by atoms with Crippen LogP contribution in [0.15, 0.2) is 58.7 Å². The summed E-state index contributed by atoms with van der Waals surface area (Å²) in [6, 6.07) is 12.5. The van der Waals surface area contributed by atoms with Crippen molar-refractivity contribution in [2.24, 2.45) is 0 Å². The molecule has 35 heavy (non-hydrogen) atoms. The predicted molar refractivity (Wildman–Crippen MR) is 131 cm³/mol. The Hall–Kier alpha value is -3.90. The van der Waals surface area contributed by atoms with Gasteiger partial charge in [-0.05, 0) is 74.5 Å². The first kappa shape index (κ1) is 22.9. The molecule has 1 aromatic carbocycles. The van der Waals surface area contributed by atoms with E-state index in [4.69, 9.17) is 0 Å². The van der Waals surface area contributed by atoms with Crippen molar-refractivity contribution in [3.05, 3.63) is 54.4 Å². The number of carboxylic acid groups (broad SMARTS) is 1. The van der Waals surface area contributed by atoms with E-state index in [9.17, 15) is 14.7 Å². The third kappa shape index (κ3) is 5.28. The Kier molecular flexibility index (Phi) is 6.38. The first-order valence-corrected chi connectivity index (χ1v) is 12.0. The Morgan fingerprint density at radius 3 is 2.83 bits per heavy atom. The van der Waals surface area contributed by atoms with Gasteiger partial charge in [0.15, 0.2) is 11.6 Å². The average molecular weight is 493 g/mol. The molecule has 1 atom stereocenters. The Morgan fingerprint density at radius 2 is 2.09 bits per heavy atom. The molecule has 0 bridgehead atoms. The summed E-state index contributed by atoms with van der Waals surface area (Å²) in [5.74, 6) is 0.201. The van der Waals surface area contributed by atoms with E-state index in [1.54, 1.807) is 21.5 Å². The molecule has 11 nitrogen and oxygen atoms in total. The van der Waals surface area contributed by atoms with Gasteiger partial charge in [0.1, 0.15) is 11.6 Å². The molecule has 180 valence electrons. The van der Waals surface area contributed by atoms with Crippen molar-refractivity contribution in [2.45, 2.75) is 35.9 Å². The van der Waals surface area contributed by atoms with E-state index in [-0.39, 0.29) is 12.5 Å². The fraction of sp³-hybridized carbons (Fsp3) is 0.261. The second kappa shape index (κ2) is 9.76. The van der Waals surface area contributed by atoms with Gasteiger partial charge in [0.25, 0.3) is 0 Å². The first-order valence-electron chi connectivity index (χ1n) is 11.1. The third-order valence-electron chi connectivity index (χ3n) is 5.67. The summed E-state index contributed by atoms with van der Waals surface area (Å²) in [6.45, 7) is 2.60. The summed E-state index contributed by atoms with van der Waals surface area (Å²) < 4.78 is 1.76. The number of fused-ring (bicyclic) bond motifs is 1. The molecule has 1 amide bonds. The first-order chi connectivity index (χ1) is 16.9. The highest BCUT2D eigenvalue weighted by atomic mass is 32.2. The highest BCUT2D eigenvalue weighted by Gasteiger charge is 2.31. The topological polar surface area (TPSA) is 141 Å². The second-order valence-corrected chi connectivity index (χ2v) is 9.32. The number of aryl methyl sites for hydroxylation is 1. The highest BCUT2D eigenvalue weighted by molar-refractivity contribution is 7.99. The maximum Gasteiger partial charge on any atom is 0.320 e. The van der Waals surface area contributed by atoms with Crippen molar-refractivity contribution in [1.82, 2.24) is 29.7 Å². The molecule has 1 unspecified atom stereocenters. The lowest BCUT2D eigenvalue weighted by Gasteiger charge is -2.20. The zero-order valence-corrected chi connectivity index (χ0v) is 19.7. The minimum atomic E-state index is -0.880. The lowest BCUT2D eigenvalue weighted by atomic mass is 10.2. The molecule has 3 aromatic heterocycles. The van der Waals surface area contributed by atoms with Crippen LogP contribution < -0.4 is 10.6 Å². The number of hydrogen-bond donors (Lipinski definition) is 4. The number of likely N-dealkylation sites (tertiary alicyclic amines) is 1. The Bertz CT molecular complexity index is 1370. The van der Waals surface area contributed by atoms with Crippen LogP contribution in [-0.4, -0.2) is 65.8 Å². The van der Waals surface area contributed by atoms with Crippen molar-refractivity contribution < 1.29 is 14.7 Å². The van der Waals surface area contributed by atoms with Gasteiger partial charge in [-0.3, -0.25) is 19.6 Å². The van der Waals surface area contributed by atoms with Crippen LogP contribution in [-0.2, 0) is 9.59 Å². The molecule has 0 spiro atoms. The van der Waals surface area contributed by atoms with Gasteiger partial charge in [-0.25, -0.2) is 9.50 Å². The lowest BCUT2D eigenvalue weighted by molar-refractivity contribution is -0.142. The maximum atomic E-state index is 12.4. The summed E-state index contributed by atoms with van der Waals surface area (Å²) in [4.78, 5) is 31.0. The number of anilines is 3. The lowest BCUT2D eigenvalue weighted by Crippen LogP contribution is -2.40. The molecule has 0 aliphatic carbocycles. The van der Waals surface area contributed by atoms with Crippen molar-refractivity contribution in [2.75, 3.05) is 23.7 Å². The molecular formula is C23H24N8O3S. The molecule has 12 heteroatoms. The van der Waals surface area contributed by atoms with E-state index in [1.807, 2.05) is 43.5 Å². The number of carbonyl (C=O) groups excluding carboxylic acids is 1. The fourth-order valence-electron chi connectivity index (χ4n) is 4.04. The second-order valence-electron chi connectivity index (χ2n) is 8.28. The summed E-state index contributed by atoms with van der Waals surface area (Å²) in [5, 5.41) is 27.6. The molecule has 0 saturated carbocycles. The molecule has 1 aliphatic heterocycles. The molecule has 1 saturated heterocycles. The van der Waals surface area contributed by atoms with Gasteiger partial charge in [0.05, 0.1) is 6.54 Å². The zero-order valence-electron chi connectivity index (χ0n) is 18.9. The van der Waals surface area contributed by atoms with Crippen molar-refractivity contribution in [3.63, 3.8) is 0 Å². The molecule has 1 fully saturated rings. The summed E-state index contributed by atoms with van der Waals surface area (Å²) in [5.41, 5.74) is 2.41. The van der Waals surface area contributed by atoms with Gasteiger partial charge in [-0.15, -0.1) is 5.10 Å². The average Bonchev–Trinajstić information content (AvgIpc) is 3.56. The van der Waals surface area contributed by atoms with Gasteiger partial charge in [0, 0.05) is 28.5 Å². The summed E-state index contributed by atoms with van der Waals surface area (Å²) in [6.07, 6.45) is 3.21. The Morgan fingerprint density at radius 1 is 1.26 bits per heavy atom. The van der Waals surface area contributed by atoms with Crippen LogP contribution in [0.5, 0.6) is 0 Å². The fourth-order valence-corrected chi connectivity index (χ4v) is 4.79. The zero-order chi connectivity index (χ0) is 24.4. The van der Waals surface area contributed by atoms with Crippen LogP contribution in [0, 0.1) is 6.92 Å². The molecule has 4 heterocycles. The number of carbonyl (C=O) groups is 2. The number of H-pyrrole nitrogens is 1. The quantitative estimate of drug-likeness (QED) is 0.292. The number of hydrogen-bond acceptors (Lipinski definition) is 8. The van der Waals surface area contributed by atoms with Crippen LogP contribution in [0.4, 0.5) is 17.3 Å². The number of aromatic amines is 1. The number of carboxylic acids is 1. The number of nitrogens with one attached hydrogen (secondary N) is 3. The Balaban J connectivity index is 1.25. The molecule has 4 N–H and O–H groups in total. The van der Waals surface area contributed by atoms with E-state index in [2.05, 4.69) is 30.9 Å². The van der Waals surface area contributed by atoms with Crippen LogP contribution in [0.2, 0.25) is 0 Å². The molecule has 5 rings (SSSR count). The highest BCUT2D eigenvalue weighted by Crippen LogP contribution is 2.29. The standard InChI is InChI=1S/C23H24N8O3S/c1-14-12-19(28-27-14)25-21-17-4-3-11-31(17)29-23(26-21)35-16-8-6-15(7-9-16)24-20(32)13-30-10-2-5-18(30)22(33)34/h3-4,6-9,11-12,18H,2,5,10,13H2,1H3,(H,24,32)(H,33,34)(H2,25,26,27,28,29). The smallest absolute Gasteiger partial charge is 0.320 e. The summed E-state index contributed by atoms with van der Waals surface area (Å²) >= 11 is 1.40. The molecule has 0 radical (unpaired) electrons. The number of amides is 1. The number of rotatable bonds is 8. The largest absolute Gasteiger partial charge is 0.480 e. The van der Waals surface area contributed by atoms with Gasteiger partial charge >= 0.3 is 5.97 Å². The van der Waals surface area contributed by atoms with Gasteiger partial charge in [-0.1, -0.05) is 0 Å². The van der Waals surface area contributed by atoms with E-state index in [0.717, 1.165) is 22.5 Å².